The lowest BCUT2D eigenvalue weighted by molar-refractivity contribution is -0.104. The highest BCUT2D eigenvalue weighted by molar-refractivity contribution is 5.64. The summed E-state index contributed by atoms with van der Waals surface area (Å²) in [5.41, 5.74) is 0. The number of carbonyl (C=O) groups is 1. The van der Waals surface area contributed by atoms with Gasteiger partial charge in [0.2, 0.25) is 0 Å². The Bertz CT molecular complexity index is 136. The molecule has 12 heavy (non-hydrogen) atoms. The number of hydrogen-bond acceptors (Lipinski definition) is 1. The molecular weight excluding hydrogens is 148 g/mol. The molecule has 1 unspecified atom stereocenters. The Balaban J connectivity index is 3.36. The quantitative estimate of drug-likeness (QED) is 0.439. The van der Waals surface area contributed by atoms with E-state index in [4.69, 9.17) is 0 Å². The molecule has 0 bridgehead atoms. The zero-order chi connectivity index (χ0) is 9.40. The molecule has 0 aromatic heterocycles. The summed E-state index contributed by atoms with van der Waals surface area (Å²) >= 11 is 0. The van der Waals surface area contributed by atoms with Crippen molar-refractivity contribution < 1.29 is 4.79 Å². The topological polar surface area (TPSA) is 17.1 Å². The molecule has 0 aromatic carbocycles. The Labute approximate surface area is 75.9 Å². The van der Waals surface area contributed by atoms with Gasteiger partial charge in [-0.05, 0) is 37.2 Å². The Kier molecular flexibility index (Phi) is 6.73. The molecule has 0 aromatic rings. The molecule has 0 aliphatic carbocycles. The summed E-state index contributed by atoms with van der Waals surface area (Å²) in [4.78, 5) is 9.94. The lowest BCUT2D eigenvalue weighted by Gasteiger charge is -2.11. The van der Waals surface area contributed by atoms with E-state index in [0.29, 0.717) is 0 Å². The van der Waals surface area contributed by atoms with E-state index in [-0.39, 0.29) is 0 Å². The van der Waals surface area contributed by atoms with Crippen LogP contribution in [-0.4, -0.2) is 6.29 Å². The average molecular weight is 168 g/mol. The van der Waals surface area contributed by atoms with Crippen LogP contribution >= 0.6 is 0 Å². The molecule has 0 spiro atoms. The van der Waals surface area contributed by atoms with E-state index in [1.54, 1.807) is 6.08 Å². The number of carbonyl (C=O) groups excluding carboxylic acids is 1. The van der Waals surface area contributed by atoms with Gasteiger partial charge >= 0.3 is 0 Å². The monoisotopic (exact) mass is 168 g/mol. The van der Waals surface area contributed by atoms with Crippen molar-refractivity contribution in [1.82, 2.24) is 0 Å². The zero-order valence-electron chi connectivity index (χ0n) is 8.42. The van der Waals surface area contributed by atoms with Gasteiger partial charge in [0, 0.05) is 0 Å². The predicted molar refractivity (Wildman–Crippen MR) is 53.1 cm³/mol. The molecular formula is C11H20O. The van der Waals surface area contributed by atoms with E-state index in [2.05, 4.69) is 20.8 Å². The molecule has 0 heterocycles. The molecule has 0 N–H and O–H groups in total. The molecule has 0 fully saturated rings. The van der Waals surface area contributed by atoms with E-state index in [0.717, 1.165) is 24.5 Å². The maximum Gasteiger partial charge on any atom is 0.142 e. The Hall–Kier alpha value is -0.590. The van der Waals surface area contributed by atoms with Gasteiger partial charge in [-0.3, -0.25) is 4.79 Å². The van der Waals surface area contributed by atoms with Crippen LogP contribution in [0.25, 0.3) is 0 Å². The summed E-state index contributed by atoms with van der Waals surface area (Å²) < 4.78 is 0. The van der Waals surface area contributed by atoms with Crippen LogP contribution in [0.15, 0.2) is 12.2 Å². The second-order valence-corrected chi connectivity index (χ2v) is 3.88. The van der Waals surface area contributed by atoms with Gasteiger partial charge in [0.25, 0.3) is 0 Å². The lowest BCUT2D eigenvalue weighted by atomic mass is 9.95. The van der Waals surface area contributed by atoms with Crippen molar-refractivity contribution in [2.45, 2.75) is 40.0 Å². The van der Waals surface area contributed by atoms with Gasteiger partial charge in [-0.25, -0.2) is 0 Å². The molecule has 0 aliphatic heterocycles. The second-order valence-electron chi connectivity index (χ2n) is 3.88. The normalized spacial score (nSPS) is 14.0. The van der Waals surface area contributed by atoms with Gasteiger partial charge in [-0.15, -0.1) is 0 Å². The van der Waals surface area contributed by atoms with E-state index in [1.165, 1.54) is 12.8 Å². The first-order valence-corrected chi connectivity index (χ1v) is 4.77. The number of hydrogen-bond donors (Lipinski definition) is 0. The first kappa shape index (κ1) is 11.4. The zero-order valence-corrected chi connectivity index (χ0v) is 8.42. The van der Waals surface area contributed by atoms with Crippen molar-refractivity contribution in [2.75, 3.05) is 0 Å². The van der Waals surface area contributed by atoms with Gasteiger partial charge < -0.3 is 0 Å². The molecule has 0 rings (SSSR count). The third-order valence-electron chi connectivity index (χ3n) is 1.91. The smallest absolute Gasteiger partial charge is 0.142 e. The highest BCUT2D eigenvalue weighted by Gasteiger charge is 2.02. The summed E-state index contributed by atoms with van der Waals surface area (Å²) in [7, 11) is 0. The SMILES string of the molecule is CC(C)CC(C)CC/C=C/C=O. The fourth-order valence-corrected chi connectivity index (χ4v) is 1.46. The Morgan fingerprint density at radius 3 is 2.42 bits per heavy atom. The van der Waals surface area contributed by atoms with Crippen molar-refractivity contribution in [3.05, 3.63) is 12.2 Å². The molecule has 0 radical (unpaired) electrons. The first-order valence-electron chi connectivity index (χ1n) is 4.77. The average Bonchev–Trinajstić information content (AvgIpc) is 1.97. The van der Waals surface area contributed by atoms with E-state index in [9.17, 15) is 4.79 Å². The molecule has 0 aliphatic rings. The summed E-state index contributed by atoms with van der Waals surface area (Å²) in [6.07, 6.45) is 7.89. The standard InChI is InChI=1S/C11H20O/c1-10(2)9-11(3)7-5-4-6-8-12/h4,6,8,10-11H,5,7,9H2,1-3H3/b6-4+. The number of rotatable bonds is 6. The summed E-state index contributed by atoms with van der Waals surface area (Å²) in [6, 6.07) is 0. The number of allylic oxidation sites excluding steroid dienone is 2. The van der Waals surface area contributed by atoms with Crippen LogP contribution in [0.5, 0.6) is 0 Å². The fraction of sp³-hybridized carbons (Fsp3) is 0.727. The van der Waals surface area contributed by atoms with Gasteiger partial charge in [-0.2, -0.15) is 0 Å². The molecule has 0 saturated carbocycles. The van der Waals surface area contributed by atoms with Gasteiger partial charge in [-0.1, -0.05) is 26.8 Å². The van der Waals surface area contributed by atoms with E-state index in [1.807, 2.05) is 6.08 Å². The first-order chi connectivity index (χ1) is 5.66. The molecule has 1 atom stereocenters. The predicted octanol–water partition coefficient (Wildman–Crippen LogP) is 3.20. The van der Waals surface area contributed by atoms with Crippen LogP contribution in [0.2, 0.25) is 0 Å². The summed E-state index contributed by atoms with van der Waals surface area (Å²) in [6.45, 7) is 6.77. The highest BCUT2D eigenvalue weighted by atomic mass is 16.1. The van der Waals surface area contributed by atoms with Crippen LogP contribution in [0.1, 0.15) is 40.0 Å². The van der Waals surface area contributed by atoms with Crippen LogP contribution < -0.4 is 0 Å². The minimum Gasteiger partial charge on any atom is -0.299 e. The van der Waals surface area contributed by atoms with Crippen LogP contribution in [0.4, 0.5) is 0 Å². The minimum atomic E-state index is 0.779. The Morgan fingerprint density at radius 1 is 1.25 bits per heavy atom. The number of aldehydes is 1. The van der Waals surface area contributed by atoms with E-state index < -0.39 is 0 Å². The van der Waals surface area contributed by atoms with Gasteiger partial charge in [0.15, 0.2) is 0 Å². The second kappa shape index (κ2) is 7.08. The minimum absolute atomic E-state index is 0.779. The molecule has 0 amide bonds. The molecule has 1 nitrogen and oxygen atoms in total. The van der Waals surface area contributed by atoms with Crippen molar-refractivity contribution >= 4 is 6.29 Å². The van der Waals surface area contributed by atoms with Gasteiger partial charge in [0.05, 0.1) is 0 Å². The third kappa shape index (κ3) is 7.52. The van der Waals surface area contributed by atoms with Crippen LogP contribution in [0, 0.1) is 11.8 Å². The van der Waals surface area contributed by atoms with Gasteiger partial charge in [0.1, 0.15) is 6.29 Å². The largest absolute Gasteiger partial charge is 0.299 e. The lowest BCUT2D eigenvalue weighted by Crippen LogP contribution is -1.99. The molecule has 0 saturated heterocycles. The van der Waals surface area contributed by atoms with Crippen molar-refractivity contribution in [2.24, 2.45) is 11.8 Å². The highest BCUT2D eigenvalue weighted by Crippen LogP contribution is 2.16. The third-order valence-corrected chi connectivity index (χ3v) is 1.91. The summed E-state index contributed by atoms with van der Waals surface area (Å²) in [5.74, 6) is 1.57. The van der Waals surface area contributed by atoms with Crippen LogP contribution in [-0.2, 0) is 4.79 Å². The molecule has 70 valence electrons. The fourth-order valence-electron chi connectivity index (χ4n) is 1.46. The maximum atomic E-state index is 9.94. The Morgan fingerprint density at radius 2 is 1.92 bits per heavy atom. The van der Waals surface area contributed by atoms with Crippen LogP contribution in [0.3, 0.4) is 0 Å². The van der Waals surface area contributed by atoms with Crippen molar-refractivity contribution in [1.29, 1.82) is 0 Å². The molecule has 1 heteroatoms. The maximum absolute atomic E-state index is 9.94. The van der Waals surface area contributed by atoms with E-state index >= 15 is 0 Å². The summed E-state index contributed by atoms with van der Waals surface area (Å²) in [5, 5.41) is 0. The van der Waals surface area contributed by atoms with Crippen molar-refractivity contribution in [3.63, 3.8) is 0 Å². The van der Waals surface area contributed by atoms with Crippen molar-refractivity contribution in [3.8, 4) is 0 Å².